The normalized spacial score (nSPS) is 17.6. The van der Waals surface area contributed by atoms with Gasteiger partial charge in [0.2, 0.25) is 5.91 Å². The third-order valence-corrected chi connectivity index (χ3v) is 3.01. The van der Waals surface area contributed by atoms with Crippen molar-refractivity contribution in [2.45, 2.75) is 45.3 Å². The molecule has 2 atom stereocenters. The molecular formula is C14H20N2O2. The number of aryl methyl sites for hydroxylation is 1. The smallest absolute Gasteiger partial charge is 0.224 e. The summed E-state index contributed by atoms with van der Waals surface area (Å²) in [7, 11) is 0. The fraction of sp³-hybridized carbons (Fsp3) is 0.500. The average Bonchev–Trinajstić information content (AvgIpc) is 2.28. The first-order chi connectivity index (χ1) is 8.54. The SMILES string of the molecule is CC(N)CC(C)Oc1ccc2c(c1)CCC(=O)N2. The van der Waals surface area contributed by atoms with Crippen LogP contribution in [0.15, 0.2) is 18.2 Å². The summed E-state index contributed by atoms with van der Waals surface area (Å²) in [6.07, 6.45) is 2.25. The minimum atomic E-state index is 0.0847. The van der Waals surface area contributed by atoms with E-state index in [1.165, 1.54) is 0 Å². The monoisotopic (exact) mass is 248 g/mol. The molecule has 0 saturated carbocycles. The van der Waals surface area contributed by atoms with Gasteiger partial charge in [-0.15, -0.1) is 0 Å². The van der Waals surface area contributed by atoms with Crippen LogP contribution in [0, 0.1) is 0 Å². The molecule has 0 spiro atoms. The summed E-state index contributed by atoms with van der Waals surface area (Å²) < 4.78 is 5.83. The topological polar surface area (TPSA) is 64.3 Å². The molecule has 2 rings (SSSR count). The lowest BCUT2D eigenvalue weighted by atomic mass is 10.0. The minimum Gasteiger partial charge on any atom is -0.491 e. The number of amides is 1. The van der Waals surface area contributed by atoms with E-state index in [9.17, 15) is 4.79 Å². The zero-order chi connectivity index (χ0) is 13.1. The molecule has 0 radical (unpaired) electrons. The van der Waals surface area contributed by atoms with Crippen molar-refractivity contribution in [2.24, 2.45) is 5.73 Å². The van der Waals surface area contributed by atoms with Crippen LogP contribution in [0.25, 0.3) is 0 Å². The Morgan fingerprint density at radius 2 is 2.17 bits per heavy atom. The van der Waals surface area contributed by atoms with Crippen LogP contribution in [-0.4, -0.2) is 18.1 Å². The van der Waals surface area contributed by atoms with Crippen molar-refractivity contribution in [3.05, 3.63) is 23.8 Å². The molecule has 1 aliphatic heterocycles. The van der Waals surface area contributed by atoms with Gasteiger partial charge in [-0.05, 0) is 50.5 Å². The Kier molecular flexibility index (Phi) is 3.87. The Bertz CT molecular complexity index is 443. The van der Waals surface area contributed by atoms with Crippen LogP contribution in [0.1, 0.15) is 32.3 Å². The second kappa shape index (κ2) is 5.40. The summed E-state index contributed by atoms with van der Waals surface area (Å²) in [5.74, 6) is 0.930. The molecule has 2 unspecified atom stereocenters. The Hall–Kier alpha value is -1.55. The Balaban J connectivity index is 2.05. The maximum atomic E-state index is 11.3. The fourth-order valence-electron chi connectivity index (χ4n) is 2.24. The van der Waals surface area contributed by atoms with Crippen LogP contribution in [0.4, 0.5) is 5.69 Å². The van der Waals surface area contributed by atoms with Gasteiger partial charge in [0.25, 0.3) is 0 Å². The molecule has 0 saturated heterocycles. The third-order valence-electron chi connectivity index (χ3n) is 3.01. The Labute approximate surface area is 108 Å². The summed E-state index contributed by atoms with van der Waals surface area (Å²) in [6, 6.07) is 5.94. The lowest BCUT2D eigenvalue weighted by Crippen LogP contribution is -2.25. The zero-order valence-electron chi connectivity index (χ0n) is 10.9. The molecule has 1 heterocycles. The third kappa shape index (κ3) is 3.23. The lowest BCUT2D eigenvalue weighted by molar-refractivity contribution is -0.116. The molecule has 0 fully saturated rings. The van der Waals surface area contributed by atoms with Crippen molar-refractivity contribution < 1.29 is 9.53 Å². The van der Waals surface area contributed by atoms with E-state index < -0.39 is 0 Å². The summed E-state index contributed by atoms with van der Waals surface area (Å²) in [5, 5.41) is 2.86. The average molecular weight is 248 g/mol. The second-order valence-electron chi connectivity index (χ2n) is 5.01. The molecule has 18 heavy (non-hydrogen) atoms. The van der Waals surface area contributed by atoms with E-state index in [-0.39, 0.29) is 18.1 Å². The van der Waals surface area contributed by atoms with Crippen molar-refractivity contribution in [2.75, 3.05) is 5.32 Å². The number of hydrogen-bond donors (Lipinski definition) is 2. The molecule has 98 valence electrons. The summed E-state index contributed by atoms with van der Waals surface area (Å²) in [4.78, 5) is 11.3. The number of hydrogen-bond acceptors (Lipinski definition) is 3. The molecule has 1 aromatic carbocycles. The van der Waals surface area contributed by atoms with Crippen LogP contribution >= 0.6 is 0 Å². The van der Waals surface area contributed by atoms with Crippen molar-refractivity contribution in [1.29, 1.82) is 0 Å². The molecular weight excluding hydrogens is 228 g/mol. The van der Waals surface area contributed by atoms with Crippen molar-refractivity contribution in [1.82, 2.24) is 0 Å². The number of nitrogens with one attached hydrogen (secondary N) is 1. The quantitative estimate of drug-likeness (QED) is 0.857. The van der Waals surface area contributed by atoms with Gasteiger partial charge in [0, 0.05) is 18.2 Å². The zero-order valence-corrected chi connectivity index (χ0v) is 10.9. The molecule has 0 aromatic heterocycles. The van der Waals surface area contributed by atoms with Crippen LogP contribution in [-0.2, 0) is 11.2 Å². The molecule has 1 amide bonds. The van der Waals surface area contributed by atoms with E-state index in [1.807, 2.05) is 32.0 Å². The first-order valence-electron chi connectivity index (χ1n) is 6.39. The predicted octanol–water partition coefficient (Wildman–Crippen LogP) is 2.08. The maximum absolute atomic E-state index is 11.3. The minimum absolute atomic E-state index is 0.0847. The number of anilines is 1. The first-order valence-corrected chi connectivity index (χ1v) is 6.39. The van der Waals surface area contributed by atoms with Crippen LogP contribution in [0.2, 0.25) is 0 Å². The van der Waals surface area contributed by atoms with Gasteiger partial charge < -0.3 is 15.8 Å². The molecule has 0 bridgehead atoms. The molecule has 0 aliphatic carbocycles. The van der Waals surface area contributed by atoms with E-state index in [2.05, 4.69) is 5.32 Å². The van der Waals surface area contributed by atoms with Gasteiger partial charge in [-0.2, -0.15) is 0 Å². The largest absolute Gasteiger partial charge is 0.491 e. The number of ether oxygens (including phenoxy) is 1. The Morgan fingerprint density at radius 3 is 2.89 bits per heavy atom. The molecule has 1 aromatic rings. The van der Waals surface area contributed by atoms with Crippen LogP contribution in [0.5, 0.6) is 5.75 Å². The highest BCUT2D eigenvalue weighted by Gasteiger charge is 2.15. The Morgan fingerprint density at radius 1 is 1.39 bits per heavy atom. The standard InChI is InChI=1S/C14H20N2O2/c1-9(15)7-10(2)18-12-4-5-13-11(8-12)3-6-14(17)16-13/h4-5,8-10H,3,6-7,15H2,1-2H3,(H,16,17). The number of rotatable bonds is 4. The summed E-state index contributed by atoms with van der Waals surface area (Å²) >= 11 is 0. The first kappa shape index (κ1) is 12.9. The lowest BCUT2D eigenvalue weighted by Gasteiger charge is -2.20. The van der Waals surface area contributed by atoms with E-state index in [1.54, 1.807) is 0 Å². The van der Waals surface area contributed by atoms with E-state index in [4.69, 9.17) is 10.5 Å². The van der Waals surface area contributed by atoms with Gasteiger partial charge in [-0.25, -0.2) is 0 Å². The number of benzene rings is 1. The van der Waals surface area contributed by atoms with E-state index in [0.29, 0.717) is 6.42 Å². The number of carbonyl (C=O) groups is 1. The number of nitrogens with two attached hydrogens (primary N) is 1. The van der Waals surface area contributed by atoms with Gasteiger partial charge in [0.05, 0.1) is 6.10 Å². The highest BCUT2D eigenvalue weighted by Crippen LogP contribution is 2.27. The molecule has 1 aliphatic rings. The van der Waals surface area contributed by atoms with Crippen LogP contribution < -0.4 is 15.8 Å². The second-order valence-corrected chi connectivity index (χ2v) is 5.01. The van der Waals surface area contributed by atoms with Gasteiger partial charge >= 0.3 is 0 Å². The molecule has 4 nitrogen and oxygen atoms in total. The number of fused-ring (bicyclic) bond motifs is 1. The predicted molar refractivity (Wildman–Crippen MR) is 71.7 cm³/mol. The molecule has 4 heteroatoms. The summed E-state index contributed by atoms with van der Waals surface area (Å²) in [5.41, 5.74) is 7.79. The van der Waals surface area contributed by atoms with E-state index >= 15 is 0 Å². The van der Waals surface area contributed by atoms with Gasteiger partial charge in [0.15, 0.2) is 0 Å². The van der Waals surface area contributed by atoms with Gasteiger partial charge in [-0.1, -0.05) is 0 Å². The highest BCUT2D eigenvalue weighted by molar-refractivity contribution is 5.93. The molecule has 3 N–H and O–H groups in total. The van der Waals surface area contributed by atoms with Gasteiger partial charge in [0.1, 0.15) is 5.75 Å². The fourth-order valence-corrected chi connectivity index (χ4v) is 2.24. The van der Waals surface area contributed by atoms with Crippen molar-refractivity contribution in [3.8, 4) is 5.75 Å². The van der Waals surface area contributed by atoms with E-state index in [0.717, 1.165) is 29.8 Å². The number of carbonyl (C=O) groups excluding carboxylic acids is 1. The van der Waals surface area contributed by atoms with Crippen molar-refractivity contribution >= 4 is 11.6 Å². The van der Waals surface area contributed by atoms with Gasteiger partial charge in [-0.3, -0.25) is 4.79 Å². The highest BCUT2D eigenvalue weighted by atomic mass is 16.5. The maximum Gasteiger partial charge on any atom is 0.224 e. The summed E-state index contributed by atoms with van der Waals surface area (Å²) in [6.45, 7) is 3.99. The van der Waals surface area contributed by atoms with Crippen LogP contribution in [0.3, 0.4) is 0 Å². The van der Waals surface area contributed by atoms with Crippen molar-refractivity contribution in [3.63, 3.8) is 0 Å².